The smallest absolute Gasteiger partial charge is 0.291 e. The van der Waals surface area contributed by atoms with E-state index in [1.807, 2.05) is 0 Å². The van der Waals surface area contributed by atoms with Gasteiger partial charge >= 0.3 is 0 Å². The van der Waals surface area contributed by atoms with Crippen molar-refractivity contribution in [1.29, 1.82) is 0 Å². The summed E-state index contributed by atoms with van der Waals surface area (Å²) in [7, 11) is 0. The number of hydrogen-bond donors (Lipinski definition) is 2. The Balaban J connectivity index is 1.51. The van der Waals surface area contributed by atoms with Crippen molar-refractivity contribution in [3.8, 4) is 5.88 Å². The number of thioether (sulfide) groups is 1. The summed E-state index contributed by atoms with van der Waals surface area (Å²) in [6, 6.07) is 0.173. The highest BCUT2D eigenvalue weighted by atomic mass is 32.2. The summed E-state index contributed by atoms with van der Waals surface area (Å²) >= 11 is 1.62. The number of rotatable bonds is 8. The molecule has 3 saturated carbocycles. The van der Waals surface area contributed by atoms with Crippen molar-refractivity contribution in [2.24, 2.45) is 28.9 Å². The second-order valence-corrected chi connectivity index (χ2v) is 12.0. The lowest BCUT2D eigenvalue weighted by Crippen LogP contribution is -2.49. The third-order valence-electron chi connectivity index (χ3n) is 7.60. The van der Waals surface area contributed by atoms with E-state index in [1.165, 1.54) is 44.9 Å². The zero-order chi connectivity index (χ0) is 22.9. The predicted octanol–water partition coefficient (Wildman–Crippen LogP) is 4.54. The number of carbonyl (C=O) groups is 2. The highest BCUT2D eigenvalue weighted by molar-refractivity contribution is 8.00. The van der Waals surface area contributed by atoms with Gasteiger partial charge < -0.3 is 20.3 Å². The minimum Gasteiger partial charge on any atom is -0.474 e. The Kier molecular flexibility index (Phi) is 7.08. The standard InChI is InChI=1S/C24H37N3O4S/c1-14-11-15-7-6-8-16(12-15)18(14)26-21(28)19-20(32-17-9-4-5-10-17)22(27-31-19)30-13-24(2,3)23(25)29/h14-18H,4-13H2,1-3H3,(H2,25,29)(H,26,28). The molecule has 4 unspecified atom stereocenters. The zero-order valence-corrected chi connectivity index (χ0v) is 20.3. The van der Waals surface area contributed by atoms with Gasteiger partial charge in [-0.1, -0.05) is 32.6 Å². The first-order chi connectivity index (χ1) is 15.2. The van der Waals surface area contributed by atoms with Crippen LogP contribution in [0.5, 0.6) is 5.88 Å². The number of fused-ring (bicyclic) bond motifs is 2. The van der Waals surface area contributed by atoms with Crippen molar-refractivity contribution in [3.63, 3.8) is 0 Å². The SMILES string of the molecule is CC1CC2CCCC(C2)C1NC(=O)c1onc(OCC(C)(C)C(N)=O)c1SC1CCCC1. The molecule has 0 radical (unpaired) electrons. The van der Waals surface area contributed by atoms with Crippen LogP contribution in [0.15, 0.2) is 9.42 Å². The molecule has 2 bridgehead atoms. The normalized spacial score (nSPS) is 28.5. The summed E-state index contributed by atoms with van der Waals surface area (Å²) in [5, 5.41) is 7.80. The maximum Gasteiger partial charge on any atom is 0.291 e. The molecule has 1 aromatic rings. The summed E-state index contributed by atoms with van der Waals surface area (Å²) in [6.07, 6.45) is 10.8. The molecule has 3 N–H and O–H groups in total. The molecule has 2 amide bonds. The van der Waals surface area contributed by atoms with E-state index in [-0.39, 0.29) is 30.2 Å². The first-order valence-electron chi connectivity index (χ1n) is 12.1. The molecule has 7 nitrogen and oxygen atoms in total. The van der Waals surface area contributed by atoms with Crippen molar-refractivity contribution >= 4 is 23.6 Å². The van der Waals surface area contributed by atoms with Crippen LogP contribution in [0.1, 0.15) is 89.1 Å². The quantitative estimate of drug-likeness (QED) is 0.586. The van der Waals surface area contributed by atoms with Gasteiger partial charge in [-0.3, -0.25) is 9.59 Å². The van der Waals surface area contributed by atoms with Gasteiger partial charge in [0, 0.05) is 11.3 Å². The van der Waals surface area contributed by atoms with Gasteiger partial charge in [-0.25, -0.2) is 0 Å². The Morgan fingerprint density at radius 1 is 1.19 bits per heavy atom. The van der Waals surface area contributed by atoms with Gasteiger partial charge in [-0.05, 0) is 68.9 Å². The van der Waals surface area contributed by atoms with E-state index in [2.05, 4.69) is 17.4 Å². The number of amides is 2. The van der Waals surface area contributed by atoms with Crippen LogP contribution in [-0.2, 0) is 4.79 Å². The number of nitrogens with zero attached hydrogens (tertiary/aromatic N) is 1. The second-order valence-electron chi connectivity index (χ2n) is 10.7. The zero-order valence-electron chi connectivity index (χ0n) is 19.5. The maximum atomic E-state index is 13.3. The van der Waals surface area contributed by atoms with Crippen molar-refractivity contribution in [2.45, 2.75) is 94.7 Å². The fourth-order valence-electron chi connectivity index (χ4n) is 5.59. The largest absolute Gasteiger partial charge is 0.474 e. The van der Waals surface area contributed by atoms with Gasteiger partial charge in [0.05, 0.1) is 5.41 Å². The Bertz CT molecular complexity index is 831. The number of primary amides is 1. The third-order valence-corrected chi connectivity index (χ3v) is 9.00. The number of carbonyl (C=O) groups excluding carboxylic acids is 2. The second kappa shape index (κ2) is 9.65. The van der Waals surface area contributed by atoms with Crippen LogP contribution in [0.4, 0.5) is 0 Å². The Labute approximate surface area is 194 Å². The summed E-state index contributed by atoms with van der Waals surface area (Å²) in [4.78, 5) is 25.7. The summed E-state index contributed by atoms with van der Waals surface area (Å²) < 4.78 is 11.4. The minimum atomic E-state index is -0.842. The lowest BCUT2D eigenvalue weighted by atomic mass is 9.65. The molecule has 4 rings (SSSR count). The average molecular weight is 464 g/mol. The summed E-state index contributed by atoms with van der Waals surface area (Å²) in [5.41, 5.74) is 4.64. The molecule has 3 aliphatic carbocycles. The van der Waals surface area contributed by atoms with Crippen LogP contribution in [0.3, 0.4) is 0 Å². The number of aromatic nitrogens is 1. The summed E-state index contributed by atoms with van der Waals surface area (Å²) in [6.45, 7) is 5.80. The van der Waals surface area contributed by atoms with E-state index in [4.69, 9.17) is 15.0 Å². The fourth-order valence-corrected chi connectivity index (χ4v) is 6.92. The van der Waals surface area contributed by atoms with Crippen LogP contribution < -0.4 is 15.8 Å². The minimum absolute atomic E-state index is 0.0806. The van der Waals surface area contributed by atoms with E-state index in [1.54, 1.807) is 25.6 Å². The average Bonchev–Trinajstić information content (AvgIpc) is 3.40. The van der Waals surface area contributed by atoms with Gasteiger partial charge in [-0.15, -0.1) is 11.8 Å². The van der Waals surface area contributed by atoms with E-state index in [9.17, 15) is 9.59 Å². The summed E-state index contributed by atoms with van der Waals surface area (Å²) in [5.74, 6) is 1.69. The molecular formula is C24H37N3O4S. The van der Waals surface area contributed by atoms with Crippen LogP contribution in [0.25, 0.3) is 0 Å². The van der Waals surface area contributed by atoms with Crippen LogP contribution in [0, 0.1) is 23.2 Å². The molecule has 8 heteroatoms. The number of nitrogens with two attached hydrogens (primary N) is 1. The Hall–Kier alpha value is -1.70. The van der Waals surface area contributed by atoms with Crippen LogP contribution in [0.2, 0.25) is 0 Å². The van der Waals surface area contributed by atoms with E-state index in [0.29, 0.717) is 22.0 Å². The highest BCUT2D eigenvalue weighted by Gasteiger charge is 2.40. The lowest BCUT2D eigenvalue weighted by Gasteiger charge is -2.44. The van der Waals surface area contributed by atoms with E-state index in [0.717, 1.165) is 18.8 Å². The molecule has 178 valence electrons. The van der Waals surface area contributed by atoms with Crippen molar-refractivity contribution in [3.05, 3.63) is 5.76 Å². The van der Waals surface area contributed by atoms with E-state index >= 15 is 0 Å². The van der Waals surface area contributed by atoms with Gasteiger partial charge in [0.2, 0.25) is 11.7 Å². The molecule has 4 atom stereocenters. The number of nitrogens with one attached hydrogen (secondary N) is 1. The third kappa shape index (κ3) is 5.10. The maximum absolute atomic E-state index is 13.3. The van der Waals surface area contributed by atoms with Crippen LogP contribution >= 0.6 is 11.8 Å². The van der Waals surface area contributed by atoms with Gasteiger partial charge in [-0.2, -0.15) is 0 Å². The first kappa shape index (κ1) is 23.5. The molecular weight excluding hydrogens is 426 g/mol. The van der Waals surface area contributed by atoms with Gasteiger partial charge in [0.1, 0.15) is 11.5 Å². The number of hydrogen-bond acceptors (Lipinski definition) is 6. The Morgan fingerprint density at radius 3 is 2.66 bits per heavy atom. The molecule has 32 heavy (non-hydrogen) atoms. The van der Waals surface area contributed by atoms with Gasteiger partial charge in [0.25, 0.3) is 11.8 Å². The highest BCUT2D eigenvalue weighted by Crippen LogP contribution is 2.44. The number of ether oxygens (including phenoxy) is 1. The molecule has 0 saturated heterocycles. The molecule has 0 aromatic carbocycles. The van der Waals surface area contributed by atoms with Crippen molar-refractivity contribution in [1.82, 2.24) is 10.5 Å². The van der Waals surface area contributed by atoms with Crippen LogP contribution in [-0.4, -0.2) is 34.9 Å². The van der Waals surface area contributed by atoms with Crippen molar-refractivity contribution in [2.75, 3.05) is 6.61 Å². The first-order valence-corrected chi connectivity index (χ1v) is 13.0. The molecule has 0 aliphatic heterocycles. The fraction of sp³-hybridized carbons (Fsp3) is 0.792. The predicted molar refractivity (Wildman–Crippen MR) is 124 cm³/mol. The molecule has 1 aromatic heterocycles. The molecule has 3 fully saturated rings. The monoisotopic (exact) mass is 463 g/mol. The van der Waals surface area contributed by atoms with Crippen molar-refractivity contribution < 1.29 is 18.8 Å². The van der Waals surface area contributed by atoms with Gasteiger partial charge in [0.15, 0.2) is 0 Å². The molecule has 3 aliphatic rings. The molecule has 0 spiro atoms. The topological polar surface area (TPSA) is 107 Å². The van der Waals surface area contributed by atoms with E-state index < -0.39 is 11.3 Å². The lowest BCUT2D eigenvalue weighted by molar-refractivity contribution is -0.127. The Morgan fingerprint density at radius 2 is 1.94 bits per heavy atom. The molecule has 1 heterocycles.